The van der Waals surface area contributed by atoms with Gasteiger partial charge in [0.2, 0.25) is 0 Å². The first-order valence-electron chi connectivity index (χ1n) is 9.12. The van der Waals surface area contributed by atoms with Crippen molar-refractivity contribution in [1.29, 1.82) is 0 Å². The Labute approximate surface area is 148 Å². The Kier molecular flexibility index (Phi) is 4.70. The van der Waals surface area contributed by atoms with Crippen LogP contribution in [0.15, 0.2) is 48.5 Å². The predicted octanol–water partition coefficient (Wildman–Crippen LogP) is 3.99. The van der Waals surface area contributed by atoms with Gasteiger partial charge in [0.05, 0.1) is 18.1 Å². The Morgan fingerprint density at radius 1 is 1.12 bits per heavy atom. The summed E-state index contributed by atoms with van der Waals surface area (Å²) >= 11 is 0. The summed E-state index contributed by atoms with van der Waals surface area (Å²) in [6, 6.07) is 16.7. The summed E-state index contributed by atoms with van der Waals surface area (Å²) in [7, 11) is 1.72. The van der Waals surface area contributed by atoms with Crippen molar-refractivity contribution in [3.05, 3.63) is 59.9 Å². The molecule has 1 aromatic heterocycles. The topological polar surface area (TPSA) is 41.1 Å². The molecule has 0 atom stereocenters. The van der Waals surface area contributed by atoms with Crippen LogP contribution in [0.2, 0.25) is 0 Å². The number of rotatable bonds is 5. The summed E-state index contributed by atoms with van der Waals surface area (Å²) in [5.41, 5.74) is 3.58. The number of hydrogen-bond acceptors (Lipinski definition) is 3. The summed E-state index contributed by atoms with van der Waals surface area (Å²) in [5, 5.41) is 0. The molecule has 3 aromatic rings. The summed E-state index contributed by atoms with van der Waals surface area (Å²) in [6.45, 7) is 3.40. The summed E-state index contributed by atoms with van der Waals surface area (Å²) in [6.07, 6.45) is 3.43. The molecule has 0 aliphatic carbocycles. The van der Waals surface area contributed by atoms with Crippen LogP contribution in [0.4, 0.5) is 0 Å². The number of H-pyrrole nitrogens is 1. The molecule has 0 saturated carbocycles. The van der Waals surface area contributed by atoms with E-state index in [0.29, 0.717) is 5.92 Å². The van der Waals surface area contributed by atoms with Gasteiger partial charge < -0.3 is 14.6 Å². The lowest BCUT2D eigenvalue weighted by Crippen LogP contribution is -2.34. The monoisotopic (exact) mass is 335 g/mol. The number of aromatic nitrogens is 2. The number of hydrogen-bond donors (Lipinski definition) is 1. The Balaban J connectivity index is 1.32. The van der Waals surface area contributed by atoms with E-state index >= 15 is 0 Å². The van der Waals surface area contributed by atoms with Crippen molar-refractivity contribution in [3.63, 3.8) is 0 Å². The van der Waals surface area contributed by atoms with Gasteiger partial charge in [-0.15, -0.1) is 0 Å². The van der Waals surface area contributed by atoms with Crippen LogP contribution in [-0.4, -0.2) is 41.6 Å². The molecule has 0 unspecified atom stereocenters. The van der Waals surface area contributed by atoms with Crippen LogP contribution < -0.4 is 4.74 Å². The zero-order chi connectivity index (χ0) is 17.1. The summed E-state index contributed by atoms with van der Waals surface area (Å²) in [5.74, 6) is 2.66. The number of nitrogens with one attached hydrogen (secondary N) is 1. The first kappa shape index (κ1) is 16.2. The van der Waals surface area contributed by atoms with Gasteiger partial charge in [-0.2, -0.15) is 0 Å². The highest BCUT2D eigenvalue weighted by Crippen LogP contribution is 2.27. The minimum absolute atomic E-state index is 0.556. The average Bonchev–Trinajstić information content (AvgIpc) is 3.11. The highest BCUT2D eigenvalue weighted by molar-refractivity contribution is 5.74. The third-order valence-electron chi connectivity index (χ3n) is 5.23. The minimum Gasteiger partial charge on any atom is -0.497 e. The van der Waals surface area contributed by atoms with Crippen LogP contribution in [0, 0.1) is 0 Å². The number of para-hydroxylation sites is 2. The third-order valence-corrected chi connectivity index (χ3v) is 5.23. The fourth-order valence-electron chi connectivity index (χ4n) is 3.71. The molecule has 0 bridgehead atoms. The van der Waals surface area contributed by atoms with Gasteiger partial charge in [-0.3, -0.25) is 0 Å². The molecule has 4 rings (SSSR count). The summed E-state index contributed by atoms with van der Waals surface area (Å²) < 4.78 is 5.31. The van der Waals surface area contributed by atoms with E-state index in [1.807, 2.05) is 12.1 Å². The van der Waals surface area contributed by atoms with Crippen LogP contribution in [-0.2, 0) is 6.42 Å². The van der Waals surface area contributed by atoms with E-state index < -0.39 is 0 Å². The lowest BCUT2D eigenvalue weighted by Gasteiger charge is -2.31. The van der Waals surface area contributed by atoms with Crippen LogP contribution in [0.1, 0.15) is 30.1 Å². The van der Waals surface area contributed by atoms with Gasteiger partial charge in [-0.25, -0.2) is 4.98 Å². The average molecular weight is 335 g/mol. The zero-order valence-electron chi connectivity index (χ0n) is 14.7. The summed E-state index contributed by atoms with van der Waals surface area (Å²) in [4.78, 5) is 10.9. The molecule has 2 heterocycles. The van der Waals surface area contributed by atoms with Gasteiger partial charge >= 0.3 is 0 Å². The van der Waals surface area contributed by atoms with Crippen LogP contribution in [0.5, 0.6) is 5.75 Å². The molecule has 1 aliphatic heterocycles. The molecule has 2 aromatic carbocycles. The van der Waals surface area contributed by atoms with Gasteiger partial charge in [0.25, 0.3) is 0 Å². The van der Waals surface area contributed by atoms with Crippen molar-refractivity contribution < 1.29 is 4.74 Å². The molecule has 1 saturated heterocycles. The van der Waals surface area contributed by atoms with E-state index in [1.54, 1.807) is 7.11 Å². The van der Waals surface area contributed by atoms with E-state index in [-0.39, 0.29) is 0 Å². The Morgan fingerprint density at radius 2 is 1.96 bits per heavy atom. The van der Waals surface area contributed by atoms with Crippen molar-refractivity contribution in [3.8, 4) is 5.75 Å². The number of likely N-dealkylation sites (tertiary alicyclic amines) is 1. The number of methoxy groups -OCH3 is 1. The van der Waals surface area contributed by atoms with E-state index in [9.17, 15) is 0 Å². The van der Waals surface area contributed by atoms with E-state index in [2.05, 4.69) is 46.3 Å². The Hall–Kier alpha value is -2.33. The van der Waals surface area contributed by atoms with Gasteiger partial charge in [-0.1, -0.05) is 24.3 Å². The SMILES string of the molecule is COc1cccc(CCN2CCC(c3nc4ccccc4[nH]3)CC2)c1. The molecule has 0 amide bonds. The molecule has 4 nitrogen and oxygen atoms in total. The first-order chi connectivity index (χ1) is 12.3. The highest BCUT2D eigenvalue weighted by atomic mass is 16.5. The third kappa shape index (κ3) is 3.69. The van der Waals surface area contributed by atoms with Gasteiger partial charge in [0.15, 0.2) is 0 Å². The molecule has 1 aliphatic rings. The maximum atomic E-state index is 5.31. The Bertz CT molecular complexity index is 801. The van der Waals surface area contributed by atoms with Crippen molar-refractivity contribution >= 4 is 11.0 Å². The fraction of sp³-hybridized carbons (Fsp3) is 0.381. The maximum Gasteiger partial charge on any atom is 0.119 e. The quantitative estimate of drug-likeness (QED) is 0.766. The highest BCUT2D eigenvalue weighted by Gasteiger charge is 2.22. The lowest BCUT2D eigenvalue weighted by atomic mass is 9.96. The van der Waals surface area contributed by atoms with Crippen molar-refractivity contribution in [2.75, 3.05) is 26.7 Å². The fourth-order valence-corrected chi connectivity index (χ4v) is 3.71. The Morgan fingerprint density at radius 3 is 2.76 bits per heavy atom. The van der Waals surface area contributed by atoms with Gasteiger partial charge in [-0.05, 0) is 62.2 Å². The van der Waals surface area contributed by atoms with Gasteiger partial charge in [0.1, 0.15) is 11.6 Å². The van der Waals surface area contributed by atoms with Gasteiger partial charge in [0, 0.05) is 12.5 Å². The van der Waals surface area contributed by atoms with Crippen LogP contribution >= 0.6 is 0 Å². The van der Waals surface area contributed by atoms with Crippen LogP contribution in [0.25, 0.3) is 11.0 Å². The number of ether oxygens (including phenoxy) is 1. The largest absolute Gasteiger partial charge is 0.497 e. The zero-order valence-corrected chi connectivity index (χ0v) is 14.7. The van der Waals surface area contributed by atoms with Crippen LogP contribution in [0.3, 0.4) is 0 Å². The molecule has 25 heavy (non-hydrogen) atoms. The second kappa shape index (κ2) is 7.28. The maximum absolute atomic E-state index is 5.31. The molecule has 4 heteroatoms. The van der Waals surface area contributed by atoms with Crippen molar-refractivity contribution in [2.24, 2.45) is 0 Å². The number of piperidine rings is 1. The second-order valence-electron chi connectivity index (χ2n) is 6.86. The number of nitrogens with zero attached hydrogens (tertiary/aromatic N) is 2. The van der Waals surface area contributed by atoms with Crippen molar-refractivity contribution in [1.82, 2.24) is 14.9 Å². The normalized spacial score (nSPS) is 16.4. The number of aromatic amines is 1. The second-order valence-corrected chi connectivity index (χ2v) is 6.86. The smallest absolute Gasteiger partial charge is 0.119 e. The number of benzene rings is 2. The minimum atomic E-state index is 0.556. The standard InChI is InChI=1S/C21H25N3O/c1-25-18-6-4-5-16(15-18)9-12-24-13-10-17(11-14-24)21-22-19-7-2-3-8-20(19)23-21/h2-8,15,17H,9-14H2,1H3,(H,22,23). The predicted molar refractivity (Wildman–Crippen MR) is 101 cm³/mol. The molecule has 1 fully saturated rings. The number of imidazole rings is 1. The molecule has 0 radical (unpaired) electrons. The van der Waals surface area contributed by atoms with E-state index in [0.717, 1.165) is 48.7 Å². The molecule has 1 N–H and O–H groups in total. The molecule has 0 spiro atoms. The van der Waals surface area contributed by atoms with E-state index in [4.69, 9.17) is 9.72 Å². The first-order valence-corrected chi connectivity index (χ1v) is 9.12. The van der Waals surface area contributed by atoms with Crippen molar-refractivity contribution in [2.45, 2.75) is 25.2 Å². The van der Waals surface area contributed by atoms with E-state index in [1.165, 1.54) is 18.4 Å². The lowest BCUT2D eigenvalue weighted by molar-refractivity contribution is 0.212. The number of fused-ring (bicyclic) bond motifs is 1. The molecule has 130 valence electrons. The molecular formula is C21H25N3O. The molecular weight excluding hydrogens is 310 g/mol.